The van der Waals surface area contributed by atoms with Gasteiger partial charge in [-0.2, -0.15) is 0 Å². The van der Waals surface area contributed by atoms with Crippen LogP contribution in [0.3, 0.4) is 0 Å². The summed E-state index contributed by atoms with van der Waals surface area (Å²) in [7, 11) is -9.92. The molecular weight excluding hydrogens is 1210 g/mol. The third-order valence-electron chi connectivity index (χ3n) is 15.8. The second-order valence-electron chi connectivity index (χ2n) is 24.9. The maximum atomic E-state index is 13.0. The first-order valence-corrected chi connectivity index (χ1v) is 39.9. The average Bonchev–Trinajstić information content (AvgIpc) is 2.31. The van der Waals surface area contributed by atoms with Gasteiger partial charge < -0.3 is 33.8 Å². The van der Waals surface area contributed by atoms with E-state index in [1.165, 1.54) is 109 Å². The van der Waals surface area contributed by atoms with Crippen LogP contribution >= 0.6 is 15.6 Å². The Kier molecular flexibility index (Phi) is 64.5. The van der Waals surface area contributed by atoms with E-state index < -0.39 is 97.5 Å². The van der Waals surface area contributed by atoms with Gasteiger partial charge in [0.2, 0.25) is 0 Å². The lowest BCUT2D eigenvalue weighted by molar-refractivity contribution is -0.161. The predicted molar refractivity (Wildman–Crippen MR) is 372 cm³/mol. The molecule has 3 N–H and O–H groups in total. The molecule has 0 rings (SSSR count). The zero-order valence-electron chi connectivity index (χ0n) is 58.5. The van der Waals surface area contributed by atoms with E-state index in [2.05, 4.69) is 76.3 Å². The third kappa shape index (κ3) is 65.7. The van der Waals surface area contributed by atoms with Crippen molar-refractivity contribution >= 4 is 39.5 Å². The van der Waals surface area contributed by atoms with Crippen molar-refractivity contribution < 1.29 is 80.2 Å². The molecule has 92 heavy (non-hydrogen) atoms. The molecule has 0 radical (unpaired) electrons. The molecule has 538 valence electrons. The fraction of sp³-hybridized carbons (Fsp3) is 0.836. The highest BCUT2D eigenvalue weighted by Gasteiger charge is 2.30. The summed E-state index contributed by atoms with van der Waals surface area (Å²) in [5.41, 5.74) is 0. The molecule has 0 fully saturated rings. The van der Waals surface area contributed by atoms with E-state index in [9.17, 15) is 43.2 Å². The quantitative estimate of drug-likeness (QED) is 0.0169. The Hall–Kier alpha value is -2.98. The van der Waals surface area contributed by atoms with E-state index in [4.69, 9.17) is 37.0 Å². The highest BCUT2D eigenvalue weighted by molar-refractivity contribution is 7.47. The molecule has 0 aliphatic carbocycles. The monoisotopic (exact) mass is 1340 g/mol. The summed E-state index contributed by atoms with van der Waals surface area (Å²) in [6.45, 7) is 4.74. The SMILES string of the molecule is CC/C=C\C/C=C\C/C=C\CCCCCCCCCC(=O)OCC(COP(=O)(O)OCC(O)COP(=O)(O)OCC(COC(=O)CCCCCCCCCCCCCCC)OC(=O)CCCCCCC/C=C\CCCC)OC(=O)CCCCCCCCCCCCC. The summed E-state index contributed by atoms with van der Waals surface area (Å²) in [5, 5.41) is 10.6. The standard InChI is InChI=1S/C73H134O17P2/c1-5-9-13-17-21-25-29-31-32-33-34-36-40-42-46-50-54-58-71(76)84-64-69(90-73(78)60-56-52-48-44-38-28-24-20-16-12-8-4)66-88-92(81,82)86-62-67(74)61-85-91(79,80)87-65-68(89-72(77)59-55-51-47-43-37-27-23-19-15-11-7-3)63-83-70(75)57-53-49-45-41-39-35-30-26-22-18-14-10-6-2/h9,13,19,21,23,25,31-32,67-69,74H,5-8,10-12,14-18,20,22,24,26-30,33-66H2,1-4H3,(H,79,80)(H,81,82)/b13-9-,23-19-,25-21-,32-31-. The molecule has 19 heteroatoms. The fourth-order valence-corrected chi connectivity index (χ4v) is 11.7. The zero-order valence-corrected chi connectivity index (χ0v) is 60.3. The Morgan fingerprint density at radius 1 is 0.315 bits per heavy atom. The van der Waals surface area contributed by atoms with Crippen molar-refractivity contribution in [3.05, 3.63) is 48.6 Å². The minimum atomic E-state index is -4.96. The minimum Gasteiger partial charge on any atom is -0.462 e. The van der Waals surface area contributed by atoms with Crippen molar-refractivity contribution in [3.8, 4) is 0 Å². The van der Waals surface area contributed by atoms with Gasteiger partial charge in [-0.15, -0.1) is 0 Å². The van der Waals surface area contributed by atoms with Gasteiger partial charge >= 0.3 is 39.5 Å². The summed E-state index contributed by atoms with van der Waals surface area (Å²) in [5.74, 6) is -2.16. The molecule has 0 aromatic heterocycles. The van der Waals surface area contributed by atoms with Crippen LogP contribution in [0.5, 0.6) is 0 Å². The number of carbonyl (C=O) groups excluding carboxylic acids is 4. The van der Waals surface area contributed by atoms with Crippen molar-refractivity contribution in [3.63, 3.8) is 0 Å². The largest absolute Gasteiger partial charge is 0.472 e. The van der Waals surface area contributed by atoms with Crippen molar-refractivity contribution in [2.75, 3.05) is 39.6 Å². The zero-order chi connectivity index (χ0) is 67.5. The first-order chi connectivity index (χ1) is 44.7. The van der Waals surface area contributed by atoms with E-state index in [0.29, 0.717) is 25.7 Å². The topological polar surface area (TPSA) is 237 Å². The first-order valence-electron chi connectivity index (χ1n) is 36.9. The van der Waals surface area contributed by atoms with Crippen LogP contribution in [0.25, 0.3) is 0 Å². The van der Waals surface area contributed by atoms with Gasteiger partial charge in [0, 0.05) is 25.7 Å². The number of hydrogen-bond acceptors (Lipinski definition) is 15. The molecule has 0 aromatic rings. The Morgan fingerprint density at radius 3 is 0.913 bits per heavy atom. The molecule has 0 bridgehead atoms. The van der Waals surface area contributed by atoms with E-state index in [0.717, 1.165) is 148 Å². The summed E-state index contributed by atoms with van der Waals surface area (Å²) < 4.78 is 68.3. The molecule has 0 aromatic carbocycles. The van der Waals surface area contributed by atoms with Gasteiger partial charge in [0.1, 0.15) is 19.3 Å². The lowest BCUT2D eigenvalue weighted by atomic mass is 10.0. The number of aliphatic hydroxyl groups is 1. The lowest BCUT2D eigenvalue weighted by Crippen LogP contribution is -2.30. The molecule has 0 saturated carbocycles. The van der Waals surface area contributed by atoms with Gasteiger partial charge in [-0.25, -0.2) is 9.13 Å². The first kappa shape index (κ1) is 89.0. The third-order valence-corrected chi connectivity index (χ3v) is 17.7. The van der Waals surface area contributed by atoms with Crippen LogP contribution < -0.4 is 0 Å². The van der Waals surface area contributed by atoms with E-state index in [-0.39, 0.29) is 25.7 Å². The second kappa shape index (κ2) is 66.6. The van der Waals surface area contributed by atoms with E-state index >= 15 is 0 Å². The predicted octanol–water partition coefficient (Wildman–Crippen LogP) is 20.6. The molecule has 0 aliphatic rings. The normalized spacial score (nSPS) is 14.3. The minimum absolute atomic E-state index is 0.0910. The number of hydrogen-bond donors (Lipinski definition) is 3. The van der Waals surface area contributed by atoms with Crippen LogP contribution in [0.2, 0.25) is 0 Å². The Balaban J connectivity index is 5.26. The van der Waals surface area contributed by atoms with Crippen molar-refractivity contribution in [2.45, 2.75) is 354 Å². The van der Waals surface area contributed by atoms with Crippen LogP contribution in [0.15, 0.2) is 48.6 Å². The van der Waals surface area contributed by atoms with Gasteiger partial charge in [0.15, 0.2) is 12.2 Å². The van der Waals surface area contributed by atoms with Gasteiger partial charge in [-0.3, -0.25) is 37.3 Å². The number of rotatable bonds is 70. The number of phosphoric acid groups is 2. The van der Waals surface area contributed by atoms with Crippen LogP contribution in [-0.2, 0) is 65.4 Å². The number of allylic oxidation sites excluding steroid dienone is 8. The van der Waals surface area contributed by atoms with Crippen molar-refractivity contribution in [1.29, 1.82) is 0 Å². The molecule has 5 unspecified atom stereocenters. The summed E-state index contributed by atoms with van der Waals surface area (Å²) >= 11 is 0. The summed E-state index contributed by atoms with van der Waals surface area (Å²) in [6.07, 6.45) is 61.2. The Bertz CT molecular complexity index is 1940. The fourth-order valence-electron chi connectivity index (χ4n) is 10.2. The average molecular weight is 1350 g/mol. The number of ether oxygens (including phenoxy) is 4. The number of aliphatic hydroxyl groups excluding tert-OH is 1. The van der Waals surface area contributed by atoms with Crippen LogP contribution in [0.4, 0.5) is 0 Å². The van der Waals surface area contributed by atoms with Crippen molar-refractivity contribution in [2.24, 2.45) is 0 Å². The number of phosphoric ester groups is 2. The molecular formula is C73H134O17P2. The van der Waals surface area contributed by atoms with Gasteiger partial charge in [0.05, 0.1) is 26.4 Å². The molecule has 0 aliphatic heterocycles. The van der Waals surface area contributed by atoms with Crippen molar-refractivity contribution in [1.82, 2.24) is 0 Å². The second-order valence-corrected chi connectivity index (χ2v) is 27.8. The Morgan fingerprint density at radius 2 is 0.576 bits per heavy atom. The van der Waals surface area contributed by atoms with Crippen LogP contribution in [-0.4, -0.2) is 96.7 Å². The highest BCUT2D eigenvalue weighted by Crippen LogP contribution is 2.45. The molecule has 0 spiro atoms. The molecule has 17 nitrogen and oxygen atoms in total. The van der Waals surface area contributed by atoms with E-state index in [1.54, 1.807) is 0 Å². The Labute approximate surface area is 559 Å². The maximum absolute atomic E-state index is 13.0. The molecule has 0 heterocycles. The molecule has 0 saturated heterocycles. The summed E-state index contributed by atoms with van der Waals surface area (Å²) in [6, 6.07) is 0. The van der Waals surface area contributed by atoms with E-state index in [1.807, 2.05) is 0 Å². The maximum Gasteiger partial charge on any atom is 0.472 e. The van der Waals surface area contributed by atoms with Gasteiger partial charge in [-0.1, -0.05) is 282 Å². The number of unbranched alkanes of at least 4 members (excludes halogenated alkanes) is 36. The van der Waals surface area contributed by atoms with Crippen LogP contribution in [0, 0.1) is 0 Å². The molecule has 0 amide bonds. The van der Waals surface area contributed by atoms with Gasteiger partial charge in [-0.05, 0) is 77.0 Å². The number of esters is 4. The smallest absolute Gasteiger partial charge is 0.462 e. The van der Waals surface area contributed by atoms with Crippen LogP contribution in [0.1, 0.15) is 336 Å². The molecule has 5 atom stereocenters. The highest BCUT2D eigenvalue weighted by atomic mass is 31.2. The summed E-state index contributed by atoms with van der Waals surface area (Å²) in [4.78, 5) is 72.6. The lowest BCUT2D eigenvalue weighted by Gasteiger charge is -2.21. The number of carbonyl (C=O) groups is 4. The van der Waals surface area contributed by atoms with Gasteiger partial charge in [0.25, 0.3) is 0 Å².